The van der Waals surface area contributed by atoms with Gasteiger partial charge in [0.2, 0.25) is 5.88 Å². The number of ether oxygens (including phenoxy) is 1. The minimum absolute atomic E-state index is 0.0530. The molecule has 6 rings (SSSR count). The number of benzene rings is 1. The third-order valence-corrected chi connectivity index (χ3v) is 7.70. The molecule has 1 aromatic carbocycles. The number of carbonyl (C=O) groups excluding carboxylic acids is 2. The summed E-state index contributed by atoms with van der Waals surface area (Å²) in [7, 11) is 0. The van der Waals surface area contributed by atoms with Crippen molar-refractivity contribution >= 4 is 50.6 Å². The normalized spacial score (nSPS) is 18.8. The van der Waals surface area contributed by atoms with Gasteiger partial charge in [-0.25, -0.2) is 14.8 Å². The number of urea groups is 1. The lowest BCUT2D eigenvalue weighted by Gasteiger charge is -2.29. The quantitative estimate of drug-likeness (QED) is 0.351. The maximum atomic E-state index is 13.4. The standard InChI is InChI=1S/C26H24N6O3S/c1-14-12-20(35-15-6-3-2-4-7-15)29-13-19(14)32-18-10-11-28-25-21(18)22(31-26(32)34)23(36-25)24(33)30-17-9-5-8-16(17)27/h2-4,6-7,10-13,16-17H,5,8-9,27H2,1H3,(H,30,33)(H,31,34)/t16-,17+/m0/s1. The molecule has 1 fully saturated rings. The smallest absolute Gasteiger partial charge is 0.331 e. The van der Waals surface area contributed by atoms with E-state index < -0.39 is 0 Å². The highest BCUT2D eigenvalue weighted by Gasteiger charge is 2.34. The number of pyridine rings is 2. The van der Waals surface area contributed by atoms with Gasteiger partial charge in [-0.15, -0.1) is 11.3 Å². The van der Waals surface area contributed by atoms with E-state index in [0.29, 0.717) is 38.4 Å². The molecular weight excluding hydrogens is 476 g/mol. The van der Waals surface area contributed by atoms with Gasteiger partial charge in [0, 0.05) is 24.3 Å². The van der Waals surface area contributed by atoms with Gasteiger partial charge >= 0.3 is 6.03 Å². The van der Waals surface area contributed by atoms with Gasteiger partial charge in [0.15, 0.2) is 0 Å². The fourth-order valence-corrected chi connectivity index (χ4v) is 5.83. The summed E-state index contributed by atoms with van der Waals surface area (Å²) >= 11 is 1.26. The molecule has 0 radical (unpaired) electrons. The molecule has 0 saturated heterocycles. The number of nitrogens with zero attached hydrogens (tertiary/aromatic N) is 3. The Labute approximate surface area is 211 Å². The number of nitrogens with two attached hydrogens (primary N) is 1. The van der Waals surface area contributed by atoms with Crippen molar-refractivity contribution in [2.24, 2.45) is 5.73 Å². The van der Waals surface area contributed by atoms with E-state index in [1.807, 2.05) is 37.3 Å². The largest absolute Gasteiger partial charge is 0.439 e. The monoisotopic (exact) mass is 500 g/mol. The van der Waals surface area contributed by atoms with Crippen molar-refractivity contribution < 1.29 is 14.3 Å². The molecule has 36 heavy (non-hydrogen) atoms. The van der Waals surface area contributed by atoms with Crippen LogP contribution in [0.25, 0.3) is 10.2 Å². The lowest BCUT2D eigenvalue weighted by Crippen LogP contribution is -2.44. The maximum absolute atomic E-state index is 13.4. The zero-order valence-corrected chi connectivity index (χ0v) is 20.3. The fraction of sp³-hybridized carbons (Fsp3) is 0.231. The Morgan fingerprint density at radius 1 is 1.19 bits per heavy atom. The molecule has 0 bridgehead atoms. The van der Waals surface area contributed by atoms with Crippen LogP contribution in [0.4, 0.5) is 21.9 Å². The van der Waals surface area contributed by atoms with Crippen LogP contribution in [-0.4, -0.2) is 34.0 Å². The van der Waals surface area contributed by atoms with Crippen molar-refractivity contribution in [3.05, 3.63) is 65.3 Å². The number of aromatic nitrogens is 2. The van der Waals surface area contributed by atoms with Crippen molar-refractivity contribution in [2.45, 2.75) is 38.3 Å². The molecule has 3 amide bonds. The van der Waals surface area contributed by atoms with E-state index in [0.717, 1.165) is 30.2 Å². The van der Waals surface area contributed by atoms with Crippen LogP contribution in [-0.2, 0) is 0 Å². The van der Waals surface area contributed by atoms with Gasteiger partial charge in [-0.05, 0) is 49.9 Å². The molecule has 1 aliphatic carbocycles. The summed E-state index contributed by atoms with van der Waals surface area (Å²) < 4.78 is 5.84. The molecular formula is C26H24N6O3S. The van der Waals surface area contributed by atoms with Crippen LogP contribution >= 0.6 is 11.3 Å². The van der Waals surface area contributed by atoms with Crippen molar-refractivity contribution in [3.8, 4) is 11.6 Å². The first-order chi connectivity index (χ1) is 17.5. The predicted molar refractivity (Wildman–Crippen MR) is 139 cm³/mol. The van der Waals surface area contributed by atoms with E-state index in [9.17, 15) is 9.59 Å². The van der Waals surface area contributed by atoms with Crippen molar-refractivity contribution in [2.75, 3.05) is 10.2 Å². The van der Waals surface area contributed by atoms with Gasteiger partial charge in [-0.3, -0.25) is 9.69 Å². The number of nitrogens with one attached hydrogen (secondary N) is 2. The second kappa shape index (κ2) is 8.89. The maximum Gasteiger partial charge on any atom is 0.331 e. The summed E-state index contributed by atoms with van der Waals surface area (Å²) in [5.41, 5.74) is 8.69. The van der Waals surface area contributed by atoms with Crippen LogP contribution in [0, 0.1) is 6.92 Å². The van der Waals surface area contributed by atoms with E-state index in [-0.39, 0.29) is 24.0 Å². The number of hydrogen-bond donors (Lipinski definition) is 3. The SMILES string of the molecule is Cc1cc(Oc2ccccc2)ncc1N1C(=O)Nc2c(C(=O)N[C@@H]3CCC[C@@H]3N)sc3nccc1c23. The van der Waals surface area contributed by atoms with Gasteiger partial charge in [0.05, 0.1) is 28.6 Å². The molecule has 4 aromatic rings. The fourth-order valence-electron chi connectivity index (χ4n) is 4.81. The third-order valence-electron chi connectivity index (χ3n) is 6.60. The summed E-state index contributed by atoms with van der Waals surface area (Å²) in [6.07, 6.45) is 6.00. The minimum atomic E-state index is -0.373. The Hall–Kier alpha value is -4.02. The van der Waals surface area contributed by atoms with Crippen LogP contribution in [0.2, 0.25) is 0 Å². The van der Waals surface area contributed by atoms with Gasteiger partial charge in [0.25, 0.3) is 5.91 Å². The van der Waals surface area contributed by atoms with Gasteiger partial charge < -0.3 is 21.1 Å². The third kappa shape index (κ3) is 3.84. The number of hydrogen-bond acceptors (Lipinski definition) is 7. The van der Waals surface area contributed by atoms with E-state index >= 15 is 0 Å². The minimum Gasteiger partial charge on any atom is -0.439 e. The molecule has 9 nitrogen and oxygen atoms in total. The molecule has 4 heterocycles. The van der Waals surface area contributed by atoms with Crippen LogP contribution in [0.15, 0.2) is 54.9 Å². The van der Waals surface area contributed by atoms with E-state index in [2.05, 4.69) is 20.6 Å². The Morgan fingerprint density at radius 3 is 2.78 bits per heavy atom. The molecule has 4 N–H and O–H groups in total. The van der Waals surface area contributed by atoms with Crippen LogP contribution < -0.4 is 26.0 Å². The molecule has 10 heteroatoms. The van der Waals surface area contributed by atoms with Crippen LogP contribution in [0.5, 0.6) is 11.6 Å². The average molecular weight is 501 g/mol. The lowest BCUT2D eigenvalue weighted by molar-refractivity contribution is 0.0939. The number of aryl methyl sites for hydroxylation is 1. The van der Waals surface area contributed by atoms with E-state index in [1.165, 1.54) is 11.3 Å². The number of amides is 3. The van der Waals surface area contributed by atoms with Gasteiger partial charge in [0.1, 0.15) is 15.5 Å². The van der Waals surface area contributed by atoms with E-state index in [1.54, 1.807) is 29.4 Å². The van der Waals surface area contributed by atoms with Gasteiger partial charge in [-0.2, -0.15) is 0 Å². The summed E-state index contributed by atoms with van der Waals surface area (Å²) in [6, 6.07) is 12.5. The number of anilines is 3. The molecule has 2 atom stereocenters. The highest BCUT2D eigenvalue weighted by Crippen LogP contribution is 2.46. The summed E-state index contributed by atoms with van der Waals surface area (Å²) in [5, 5.41) is 6.70. The Kier molecular flexibility index (Phi) is 5.54. The lowest BCUT2D eigenvalue weighted by atomic mass is 10.1. The Morgan fingerprint density at radius 2 is 2.03 bits per heavy atom. The first-order valence-electron chi connectivity index (χ1n) is 11.8. The number of thiophene rings is 1. The molecule has 1 saturated carbocycles. The zero-order valence-electron chi connectivity index (χ0n) is 19.5. The molecule has 2 aliphatic rings. The number of carbonyl (C=O) groups is 2. The topological polar surface area (TPSA) is 122 Å². The molecule has 0 unspecified atom stereocenters. The molecule has 0 spiro atoms. The summed E-state index contributed by atoms with van der Waals surface area (Å²) in [6.45, 7) is 1.90. The Balaban J connectivity index is 1.35. The van der Waals surface area contributed by atoms with Gasteiger partial charge in [-0.1, -0.05) is 18.2 Å². The average Bonchev–Trinajstić information content (AvgIpc) is 3.45. The molecule has 182 valence electrons. The zero-order chi connectivity index (χ0) is 24.8. The second-order valence-corrected chi connectivity index (χ2v) is 9.98. The molecule has 3 aromatic heterocycles. The van der Waals surface area contributed by atoms with Crippen LogP contribution in [0.1, 0.15) is 34.5 Å². The number of rotatable bonds is 5. The second-order valence-electron chi connectivity index (χ2n) is 8.98. The van der Waals surface area contributed by atoms with Crippen molar-refractivity contribution in [1.82, 2.24) is 15.3 Å². The summed E-state index contributed by atoms with van der Waals surface area (Å²) in [5.74, 6) is 0.867. The highest BCUT2D eigenvalue weighted by atomic mass is 32.1. The first kappa shape index (κ1) is 22.4. The summed E-state index contributed by atoms with van der Waals surface area (Å²) in [4.78, 5) is 38.1. The van der Waals surface area contributed by atoms with Crippen LogP contribution in [0.3, 0.4) is 0 Å². The van der Waals surface area contributed by atoms with Crippen molar-refractivity contribution in [1.29, 1.82) is 0 Å². The predicted octanol–water partition coefficient (Wildman–Crippen LogP) is 5.09. The number of para-hydroxylation sites is 1. The Bertz CT molecular complexity index is 1490. The van der Waals surface area contributed by atoms with Crippen molar-refractivity contribution in [3.63, 3.8) is 0 Å². The van der Waals surface area contributed by atoms with E-state index in [4.69, 9.17) is 10.5 Å². The molecule has 1 aliphatic heterocycles. The first-order valence-corrected chi connectivity index (χ1v) is 12.6. The highest BCUT2D eigenvalue weighted by molar-refractivity contribution is 7.21.